The summed E-state index contributed by atoms with van der Waals surface area (Å²) in [5.74, 6) is 0.748. The molecule has 1 fully saturated rings. The Morgan fingerprint density at radius 3 is 2.30 bits per heavy atom. The molecule has 1 heteroatoms. The third kappa shape index (κ3) is 2.78. The Kier molecular flexibility index (Phi) is 3.88. The van der Waals surface area contributed by atoms with Crippen LogP contribution in [0.4, 0.5) is 0 Å². The number of aryl methyl sites for hydroxylation is 1. The first-order chi connectivity index (χ1) is 9.74. The lowest BCUT2D eigenvalue weighted by Gasteiger charge is -2.38. The lowest BCUT2D eigenvalue weighted by Crippen LogP contribution is -2.41. The van der Waals surface area contributed by atoms with Crippen LogP contribution in [-0.4, -0.2) is 6.04 Å². The van der Waals surface area contributed by atoms with Crippen LogP contribution in [-0.2, 0) is 0 Å². The molecule has 0 radical (unpaired) electrons. The van der Waals surface area contributed by atoms with E-state index in [4.69, 9.17) is 0 Å². The largest absolute Gasteiger partial charge is 0.307 e. The van der Waals surface area contributed by atoms with Gasteiger partial charge in [0.15, 0.2) is 0 Å². The van der Waals surface area contributed by atoms with E-state index in [2.05, 4.69) is 73.8 Å². The van der Waals surface area contributed by atoms with Crippen molar-refractivity contribution in [2.75, 3.05) is 0 Å². The molecule has 0 aliphatic heterocycles. The highest BCUT2D eigenvalue weighted by Crippen LogP contribution is 2.37. The third-order valence-electron chi connectivity index (χ3n) is 4.55. The molecule has 0 heterocycles. The summed E-state index contributed by atoms with van der Waals surface area (Å²) in [5.41, 5.74) is 4.30. The Hall–Kier alpha value is -1.60. The van der Waals surface area contributed by atoms with Gasteiger partial charge in [0.05, 0.1) is 0 Å². The normalized spacial score (nSPS) is 23.1. The molecule has 0 bridgehead atoms. The van der Waals surface area contributed by atoms with E-state index in [9.17, 15) is 0 Å². The van der Waals surface area contributed by atoms with Crippen molar-refractivity contribution in [3.8, 4) is 0 Å². The van der Waals surface area contributed by atoms with Gasteiger partial charge in [-0.1, -0.05) is 54.6 Å². The molecule has 0 saturated heterocycles. The van der Waals surface area contributed by atoms with Crippen LogP contribution in [0, 0.1) is 6.92 Å². The van der Waals surface area contributed by atoms with E-state index < -0.39 is 0 Å². The second kappa shape index (κ2) is 5.80. The molecule has 1 saturated carbocycles. The van der Waals surface area contributed by atoms with Crippen molar-refractivity contribution in [1.29, 1.82) is 0 Å². The second-order valence-electron chi connectivity index (χ2n) is 6.02. The van der Waals surface area contributed by atoms with Gasteiger partial charge in [-0.25, -0.2) is 0 Å². The Morgan fingerprint density at radius 1 is 0.950 bits per heavy atom. The highest BCUT2D eigenvalue weighted by Gasteiger charge is 2.31. The van der Waals surface area contributed by atoms with Crippen molar-refractivity contribution in [2.45, 2.75) is 44.7 Å². The summed E-state index contributed by atoms with van der Waals surface area (Å²) in [6, 6.07) is 20.7. The van der Waals surface area contributed by atoms with Crippen LogP contribution in [0.1, 0.15) is 48.4 Å². The molecular formula is C19H23N. The van der Waals surface area contributed by atoms with Crippen molar-refractivity contribution in [3.05, 3.63) is 71.3 Å². The molecule has 1 unspecified atom stereocenters. The fourth-order valence-corrected chi connectivity index (χ4v) is 3.27. The maximum Gasteiger partial charge on any atom is 0.0296 e. The number of hydrogen-bond donors (Lipinski definition) is 1. The summed E-state index contributed by atoms with van der Waals surface area (Å²) in [4.78, 5) is 0. The van der Waals surface area contributed by atoms with Crippen molar-refractivity contribution in [1.82, 2.24) is 5.32 Å². The number of nitrogens with one attached hydrogen (secondary N) is 1. The lowest BCUT2D eigenvalue weighted by molar-refractivity contribution is 0.270. The van der Waals surface area contributed by atoms with E-state index in [-0.39, 0.29) is 0 Å². The highest BCUT2D eigenvalue weighted by atomic mass is 15.0. The van der Waals surface area contributed by atoms with Crippen LogP contribution < -0.4 is 5.32 Å². The van der Waals surface area contributed by atoms with E-state index in [1.54, 1.807) is 0 Å². The minimum atomic E-state index is 0.443. The molecule has 1 atom stereocenters. The lowest BCUT2D eigenvalue weighted by atomic mass is 9.75. The molecule has 0 spiro atoms. The van der Waals surface area contributed by atoms with E-state index in [1.165, 1.54) is 29.5 Å². The monoisotopic (exact) mass is 265 g/mol. The quantitative estimate of drug-likeness (QED) is 0.852. The van der Waals surface area contributed by atoms with E-state index in [0.29, 0.717) is 12.1 Å². The first-order valence-electron chi connectivity index (χ1n) is 7.60. The smallest absolute Gasteiger partial charge is 0.0296 e. The molecule has 0 amide bonds. The van der Waals surface area contributed by atoms with Gasteiger partial charge in [0, 0.05) is 12.1 Å². The zero-order chi connectivity index (χ0) is 13.9. The minimum absolute atomic E-state index is 0.443. The molecule has 1 aliphatic rings. The summed E-state index contributed by atoms with van der Waals surface area (Å²) in [7, 11) is 0. The van der Waals surface area contributed by atoms with Gasteiger partial charge in [-0.2, -0.15) is 0 Å². The summed E-state index contributed by atoms with van der Waals surface area (Å²) in [6.45, 7) is 4.47. The first-order valence-corrected chi connectivity index (χ1v) is 7.60. The van der Waals surface area contributed by atoms with Gasteiger partial charge in [0.1, 0.15) is 0 Å². The van der Waals surface area contributed by atoms with Gasteiger partial charge in [-0.05, 0) is 49.3 Å². The molecule has 1 aliphatic carbocycles. The summed E-state index contributed by atoms with van der Waals surface area (Å²) < 4.78 is 0. The van der Waals surface area contributed by atoms with E-state index in [1.807, 2.05) is 0 Å². The van der Waals surface area contributed by atoms with Crippen LogP contribution in [0.2, 0.25) is 0 Å². The zero-order valence-corrected chi connectivity index (χ0v) is 12.3. The van der Waals surface area contributed by atoms with Gasteiger partial charge in [0.25, 0.3) is 0 Å². The molecule has 1 N–H and O–H groups in total. The van der Waals surface area contributed by atoms with Crippen molar-refractivity contribution >= 4 is 0 Å². The fraction of sp³-hybridized carbons (Fsp3) is 0.368. The number of hydrogen-bond acceptors (Lipinski definition) is 1. The van der Waals surface area contributed by atoms with Crippen molar-refractivity contribution in [2.24, 2.45) is 0 Å². The Balaban J connectivity index is 1.55. The maximum atomic E-state index is 3.77. The van der Waals surface area contributed by atoms with E-state index in [0.717, 1.165) is 5.92 Å². The predicted octanol–water partition coefficient (Wildman–Crippen LogP) is 4.59. The average Bonchev–Trinajstić information content (AvgIpc) is 2.43. The van der Waals surface area contributed by atoms with Gasteiger partial charge >= 0.3 is 0 Å². The van der Waals surface area contributed by atoms with Crippen LogP contribution in [0.25, 0.3) is 0 Å². The number of rotatable bonds is 4. The molecule has 2 aromatic carbocycles. The van der Waals surface area contributed by atoms with Crippen molar-refractivity contribution in [3.63, 3.8) is 0 Å². The zero-order valence-electron chi connectivity index (χ0n) is 12.3. The topological polar surface area (TPSA) is 12.0 Å². The van der Waals surface area contributed by atoms with Crippen LogP contribution in [0.15, 0.2) is 54.6 Å². The van der Waals surface area contributed by atoms with Gasteiger partial charge in [0.2, 0.25) is 0 Å². The SMILES string of the molecule is Cc1ccccc1C(C)NC1CC(c2ccccc2)C1. The molecule has 104 valence electrons. The van der Waals surface area contributed by atoms with Crippen LogP contribution in [0.5, 0.6) is 0 Å². The molecule has 1 nitrogen and oxygen atoms in total. The van der Waals surface area contributed by atoms with Gasteiger partial charge < -0.3 is 5.32 Å². The Bertz CT molecular complexity index is 555. The summed E-state index contributed by atoms with van der Waals surface area (Å²) in [5, 5.41) is 3.77. The Morgan fingerprint density at radius 2 is 1.60 bits per heavy atom. The molecule has 2 aromatic rings. The Labute approximate surface area is 122 Å². The summed E-state index contributed by atoms with van der Waals surface area (Å²) in [6.07, 6.45) is 2.53. The average molecular weight is 265 g/mol. The minimum Gasteiger partial charge on any atom is -0.307 e. The molecule has 3 rings (SSSR count). The maximum absolute atomic E-state index is 3.77. The molecular weight excluding hydrogens is 242 g/mol. The molecule has 20 heavy (non-hydrogen) atoms. The molecule has 0 aromatic heterocycles. The predicted molar refractivity (Wildman–Crippen MR) is 84.9 cm³/mol. The highest BCUT2D eigenvalue weighted by molar-refractivity contribution is 5.29. The van der Waals surface area contributed by atoms with Crippen LogP contribution >= 0.6 is 0 Å². The van der Waals surface area contributed by atoms with Gasteiger partial charge in [-0.3, -0.25) is 0 Å². The second-order valence-corrected chi connectivity index (χ2v) is 6.02. The van der Waals surface area contributed by atoms with Crippen LogP contribution in [0.3, 0.4) is 0 Å². The third-order valence-corrected chi connectivity index (χ3v) is 4.55. The standard InChI is InChI=1S/C19H23N/c1-14-8-6-7-11-19(14)15(2)20-18-12-17(13-18)16-9-4-3-5-10-16/h3-11,15,17-18,20H,12-13H2,1-2H3. The van der Waals surface area contributed by atoms with Crippen molar-refractivity contribution < 1.29 is 0 Å². The summed E-state index contributed by atoms with van der Waals surface area (Å²) >= 11 is 0. The first kappa shape index (κ1) is 13.4. The number of benzene rings is 2. The fourth-order valence-electron chi connectivity index (χ4n) is 3.27. The van der Waals surface area contributed by atoms with E-state index >= 15 is 0 Å². The van der Waals surface area contributed by atoms with Gasteiger partial charge in [-0.15, -0.1) is 0 Å².